The molecule has 1 aromatic carbocycles. The second-order valence-corrected chi connectivity index (χ2v) is 6.31. The number of nitrogens with one attached hydrogen (secondary N) is 2. The molecule has 1 aliphatic rings. The molecule has 2 aromatic heterocycles. The van der Waals surface area contributed by atoms with Gasteiger partial charge >= 0.3 is 0 Å². The number of H-pyrrole nitrogens is 1. The number of hydrogen-bond acceptors (Lipinski definition) is 5. The maximum atomic E-state index is 6.23. The molecule has 128 valence electrons. The van der Waals surface area contributed by atoms with Crippen LogP contribution >= 0.6 is 0 Å². The monoisotopic (exact) mass is 335 g/mol. The number of ether oxygens (including phenoxy) is 1. The molecule has 0 spiro atoms. The van der Waals surface area contributed by atoms with E-state index in [1.807, 2.05) is 12.1 Å². The Morgan fingerprint density at radius 2 is 2.04 bits per heavy atom. The van der Waals surface area contributed by atoms with Crippen LogP contribution in [-0.2, 0) is 0 Å². The average molecular weight is 335 g/mol. The number of aromatic amines is 1. The molecule has 2 N–H and O–H groups in total. The van der Waals surface area contributed by atoms with E-state index in [0.29, 0.717) is 5.88 Å². The summed E-state index contributed by atoms with van der Waals surface area (Å²) >= 11 is 0. The lowest BCUT2D eigenvalue weighted by Crippen LogP contribution is -2.34. The van der Waals surface area contributed by atoms with Crippen LogP contribution in [0.3, 0.4) is 0 Å². The zero-order valence-corrected chi connectivity index (χ0v) is 14.2. The molecule has 0 atom stereocenters. The van der Waals surface area contributed by atoms with Gasteiger partial charge in [0.05, 0.1) is 17.0 Å². The summed E-state index contributed by atoms with van der Waals surface area (Å²) in [5.74, 6) is 0.613. The van der Waals surface area contributed by atoms with E-state index in [1.54, 1.807) is 12.5 Å². The van der Waals surface area contributed by atoms with Crippen LogP contribution in [0.15, 0.2) is 42.9 Å². The summed E-state index contributed by atoms with van der Waals surface area (Å²) in [6.07, 6.45) is 5.43. The summed E-state index contributed by atoms with van der Waals surface area (Å²) in [7, 11) is 0. The van der Waals surface area contributed by atoms with E-state index in [2.05, 4.69) is 50.6 Å². The van der Waals surface area contributed by atoms with E-state index >= 15 is 0 Å². The third-order valence-electron chi connectivity index (χ3n) is 4.44. The molecule has 1 saturated heterocycles. The fraction of sp³-hybridized carbons (Fsp3) is 0.316. The lowest BCUT2D eigenvalue weighted by Gasteiger charge is -2.23. The average Bonchev–Trinajstić information content (AvgIpc) is 3.07. The largest absolute Gasteiger partial charge is 0.473 e. The molecule has 0 aliphatic carbocycles. The maximum absolute atomic E-state index is 6.23. The Balaban J connectivity index is 1.76. The SMILES string of the molecule is Cc1cccc(-c2[nH]nc(OC3CCNCC3)c2-c2ccncn2)c1. The summed E-state index contributed by atoms with van der Waals surface area (Å²) in [4.78, 5) is 8.45. The number of aryl methyl sites for hydroxylation is 1. The predicted octanol–water partition coefficient (Wildman–Crippen LogP) is 2.97. The van der Waals surface area contributed by atoms with Crippen molar-refractivity contribution in [3.05, 3.63) is 48.4 Å². The fourth-order valence-electron chi connectivity index (χ4n) is 3.17. The summed E-state index contributed by atoms with van der Waals surface area (Å²) < 4.78 is 6.23. The molecule has 0 bridgehead atoms. The van der Waals surface area contributed by atoms with E-state index in [9.17, 15) is 0 Å². The second-order valence-electron chi connectivity index (χ2n) is 6.31. The zero-order valence-electron chi connectivity index (χ0n) is 14.2. The first-order valence-electron chi connectivity index (χ1n) is 8.60. The van der Waals surface area contributed by atoms with Gasteiger partial charge in [0.2, 0.25) is 5.88 Å². The van der Waals surface area contributed by atoms with Crippen LogP contribution in [0.5, 0.6) is 5.88 Å². The molecule has 1 fully saturated rings. The first-order valence-corrected chi connectivity index (χ1v) is 8.60. The van der Waals surface area contributed by atoms with Crippen molar-refractivity contribution in [2.45, 2.75) is 25.9 Å². The summed E-state index contributed by atoms with van der Waals surface area (Å²) in [6, 6.07) is 10.2. The minimum Gasteiger partial charge on any atom is -0.473 e. The highest BCUT2D eigenvalue weighted by Crippen LogP contribution is 2.37. The summed E-state index contributed by atoms with van der Waals surface area (Å²) in [5, 5.41) is 11.0. The van der Waals surface area contributed by atoms with E-state index in [0.717, 1.165) is 48.4 Å². The lowest BCUT2D eigenvalue weighted by molar-refractivity contribution is 0.156. The van der Waals surface area contributed by atoms with Gasteiger partial charge in [0.25, 0.3) is 0 Å². The lowest BCUT2D eigenvalue weighted by atomic mass is 10.0. The minimum atomic E-state index is 0.176. The van der Waals surface area contributed by atoms with Crippen LogP contribution in [0.1, 0.15) is 18.4 Å². The number of hydrogen-bond donors (Lipinski definition) is 2. The maximum Gasteiger partial charge on any atom is 0.243 e. The van der Waals surface area contributed by atoms with Crippen LogP contribution in [0.25, 0.3) is 22.5 Å². The van der Waals surface area contributed by atoms with Gasteiger partial charge in [0.15, 0.2) is 0 Å². The first-order chi connectivity index (χ1) is 12.3. The Morgan fingerprint density at radius 1 is 1.16 bits per heavy atom. The molecule has 0 saturated carbocycles. The highest BCUT2D eigenvalue weighted by Gasteiger charge is 2.23. The molecular weight excluding hydrogens is 314 g/mol. The van der Waals surface area contributed by atoms with Crippen molar-refractivity contribution < 1.29 is 4.74 Å². The molecule has 0 unspecified atom stereocenters. The van der Waals surface area contributed by atoms with E-state index in [4.69, 9.17) is 4.74 Å². The molecule has 1 aliphatic heterocycles. The Hall–Kier alpha value is -2.73. The van der Waals surface area contributed by atoms with Gasteiger partial charge in [-0.15, -0.1) is 5.10 Å². The van der Waals surface area contributed by atoms with Gasteiger partial charge < -0.3 is 10.1 Å². The predicted molar refractivity (Wildman–Crippen MR) is 96.3 cm³/mol. The van der Waals surface area contributed by atoms with Crippen molar-refractivity contribution in [3.8, 4) is 28.4 Å². The van der Waals surface area contributed by atoms with Crippen molar-refractivity contribution in [2.75, 3.05) is 13.1 Å². The van der Waals surface area contributed by atoms with Gasteiger partial charge in [-0.2, -0.15) is 0 Å². The van der Waals surface area contributed by atoms with Crippen molar-refractivity contribution in [2.24, 2.45) is 0 Å². The summed E-state index contributed by atoms with van der Waals surface area (Å²) in [6.45, 7) is 4.03. The van der Waals surface area contributed by atoms with Crippen molar-refractivity contribution >= 4 is 0 Å². The van der Waals surface area contributed by atoms with Crippen LogP contribution in [0.4, 0.5) is 0 Å². The fourth-order valence-corrected chi connectivity index (χ4v) is 3.17. The molecule has 0 radical (unpaired) electrons. The van der Waals surface area contributed by atoms with Gasteiger partial charge in [0.1, 0.15) is 12.4 Å². The van der Waals surface area contributed by atoms with Gasteiger partial charge in [-0.25, -0.2) is 9.97 Å². The number of benzene rings is 1. The molecule has 3 heterocycles. The standard InChI is InChI=1S/C19H21N5O/c1-13-3-2-4-14(11-13)18-17(16-7-10-21-12-22-16)19(24-23-18)25-15-5-8-20-9-6-15/h2-4,7,10-12,15,20H,5-6,8-9H2,1H3,(H,23,24). The molecule has 25 heavy (non-hydrogen) atoms. The minimum absolute atomic E-state index is 0.176. The van der Waals surface area contributed by atoms with Crippen LogP contribution in [0, 0.1) is 6.92 Å². The topological polar surface area (TPSA) is 75.7 Å². The van der Waals surface area contributed by atoms with Crippen molar-refractivity contribution in [3.63, 3.8) is 0 Å². The first kappa shape index (κ1) is 15.8. The quantitative estimate of drug-likeness (QED) is 0.766. The number of piperidine rings is 1. The van der Waals surface area contributed by atoms with E-state index < -0.39 is 0 Å². The van der Waals surface area contributed by atoms with Gasteiger partial charge in [-0.3, -0.25) is 5.10 Å². The summed E-state index contributed by atoms with van der Waals surface area (Å²) in [5.41, 5.74) is 4.89. The van der Waals surface area contributed by atoms with Gasteiger partial charge in [0, 0.05) is 11.8 Å². The van der Waals surface area contributed by atoms with Gasteiger partial charge in [-0.1, -0.05) is 23.8 Å². The number of nitrogens with zero attached hydrogens (tertiary/aromatic N) is 3. The van der Waals surface area contributed by atoms with Crippen LogP contribution < -0.4 is 10.1 Å². The van der Waals surface area contributed by atoms with Crippen LogP contribution in [0.2, 0.25) is 0 Å². The van der Waals surface area contributed by atoms with Crippen molar-refractivity contribution in [1.82, 2.24) is 25.5 Å². The molecular formula is C19H21N5O. The highest BCUT2D eigenvalue weighted by molar-refractivity contribution is 5.82. The van der Waals surface area contributed by atoms with Crippen LogP contribution in [-0.4, -0.2) is 39.4 Å². The zero-order chi connectivity index (χ0) is 17.1. The highest BCUT2D eigenvalue weighted by atomic mass is 16.5. The Kier molecular flexibility index (Phi) is 4.43. The molecule has 3 aromatic rings. The van der Waals surface area contributed by atoms with E-state index in [1.165, 1.54) is 5.56 Å². The molecule has 6 heteroatoms. The smallest absolute Gasteiger partial charge is 0.243 e. The Labute approximate surface area is 146 Å². The Morgan fingerprint density at radius 3 is 2.80 bits per heavy atom. The van der Waals surface area contributed by atoms with Crippen molar-refractivity contribution in [1.29, 1.82) is 0 Å². The molecule has 4 rings (SSSR count). The third-order valence-corrected chi connectivity index (χ3v) is 4.44. The molecule has 6 nitrogen and oxygen atoms in total. The number of rotatable bonds is 4. The van der Waals surface area contributed by atoms with E-state index in [-0.39, 0.29) is 6.10 Å². The third kappa shape index (κ3) is 3.39. The normalized spacial score (nSPS) is 15.2. The van der Waals surface area contributed by atoms with Gasteiger partial charge in [-0.05, 0) is 45.0 Å². The molecule has 0 amide bonds. The Bertz CT molecular complexity index is 840. The second kappa shape index (κ2) is 7.03. The number of aromatic nitrogens is 4.